The molecule has 0 saturated heterocycles. The van der Waals surface area contributed by atoms with Gasteiger partial charge in [-0.05, 0) is 28.1 Å². The first-order valence-electron chi connectivity index (χ1n) is 3.88. The number of amides is 1. The molecule has 6 heteroatoms. The first-order valence-corrected chi connectivity index (χ1v) is 4.68. The van der Waals surface area contributed by atoms with Gasteiger partial charge in [-0.2, -0.15) is 0 Å². The van der Waals surface area contributed by atoms with E-state index in [1.165, 1.54) is 0 Å². The third kappa shape index (κ3) is 3.71. The third-order valence-corrected chi connectivity index (χ3v) is 1.73. The lowest BCUT2D eigenvalue weighted by Gasteiger charge is -2.05. The molecule has 1 heterocycles. The van der Waals surface area contributed by atoms with Crippen LogP contribution in [0.2, 0.25) is 0 Å². The van der Waals surface area contributed by atoms with E-state index in [0.717, 1.165) is 0 Å². The highest BCUT2D eigenvalue weighted by molar-refractivity contribution is 9.10. The van der Waals surface area contributed by atoms with E-state index in [-0.39, 0.29) is 13.2 Å². The Kier molecular flexibility index (Phi) is 4.34. The highest BCUT2D eigenvalue weighted by atomic mass is 79.9. The SMILES string of the molecule is O=C(Nc1ccnc(Br)c1)OCCO. The molecule has 0 fully saturated rings. The Morgan fingerprint density at radius 1 is 1.71 bits per heavy atom. The monoisotopic (exact) mass is 260 g/mol. The van der Waals surface area contributed by atoms with Crippen LogP contribution in [0.3, 0.4) is 0 Å². The fourth-order valence-electron chi connectivity index (χ4n) is 0.772. The fraction of sp³-hybridized carbons (Fsp3) is 0.250. The summed E-state index contributed by atoms with van der Waals surface area (Å²) in [5.41, 5.74) is 0.579. The summed E-state index contributed by atoms with van der Waals surface area (Å²) < 4.78 is 5.22. The van der Waals surface area contributed by atoms with Gasteiger partial charge >= 0.3 is 6.09 Å². The molecular formula is C8H9BrN2O3. The highest BCUT2D eigenvalue weighted by Gasteiger charge is 2.02. The summed E-state index contributed by atoms with van der Waals surface area (Å²) in [6, 6.07) is 3.27. The number of aromatic nitrogens is 1. The molecule has 5 nitrogen and oxygen atoms in total. The van der Waals surface area contributed by atoms with Crippen LogP contribution in [0.5, 0.6) is 0 Å². The predicted molar refractivity (Wildman–Crippen MR) is 54.0 cm³/mol. The van der Waals surface area contributed by atoms with Crippen LogP contribution in [0.25, 0.3) is 0 Å². The van der Waals surface area contributed by atoms with E-state index < -0.39 is 6.09 Å². The number of carbonyl (C=O) groups excluding carboxylic acids is 1. The van der Waals surface area contributed by atoms with Crippen molar-refractivity contribution in [1.29, 1.82) is 0 Å². The molecule has 0 aliphatic heterocycles. The van der Waals surface area contributed by atoms with Gasteiger partial charge in [0.1, 0.15) is 11.2 Å². The Morgan fingerprint density at radius 3 is 3.14 bits per heavy atom. The first-order chi connectivity index (χ1) is 6.72. The van der Waals surface area contributed by atoms with Gasteiger partial charge in [0.25, 0.3) is 0 Å². The molecule has 0 radical (unpaired) electrons. The van der Waals surface area contributed by atoms with Gasteiger partial charge in [0.15, 0.2) is 0 Å². The molecule has 2 N–H and O–H groups in total. The summed E-state index contributed by atoms with van der Waals surface area (Å²) in [4.78, 5) is 14.9. The van der Waals surface area contributed by atoms with Crippen LogP contribution in [0.4, 0.5) is 10.5 Å². The van der Waals surface area contributed by atoms with Gasteiger partial charge < -0.3 is 9.84 Å². The molecular weight excluding hydrogens is 252 g/mol. The van der Waals surface area contributed by atoms with E-state index in [1.54, 1.807) is 18.3 Å². The summed E-state index contributed by atoms with van der Waals surface area (Å²) in [5, 5.41) is 10.9. The number of halogens is 1. The van der Waals surface area contributed by atoms with E-state index in [1.807, 2.05) is 0 Å². The number of carbonyl (C=O) groups is 1. The fourth-order valence-corrected chi connectivity index (χ4v) is 1.14. The number of rotatable bonds is 3. The number of nitrogens with zero attached hydrogens (tertiary/aromatic N) is 1. The standard InChI is InChI=1S/C8H9BrN2O3/c9-7-5-6(1-2-10-7)11-8(13)14-4-3-12/h1-2,5,12H,3-4H2,(H,10,11,13). The van der Waals surface area contributed by atoms with Crippen LogP contribution in [-0.2, 0) is 4.74 Å². The van der Waals surface area contributed by atoms with Crippen molar-refractivity contribution in [3.63, 3.8) is 0 Å². The summed E-state index contributed by atoms with van der Waals surface area (Å²) >= 11 is 3.16. The number of ether oxygens (including phenoxy) is 1. The Hall–Kier alpha value is -1.14. The van der Waals surface area contributed by atoms with Gasteiger partial charge in [-0.3, -0.25) is 5.32 Å². The van der Waals surface area contributed by atoms with Gasteiger partial charge in [-0.1, -0.05) is 0 Å². The minimum Gasteiger partial charge on any atom is -0.447 e. The molecule has 1 aromatic heterocycles. The molecule has 76 valence electrons. The number of hydrogen-bond donors (Lipinski definition) is 2. The lowest BCUT2D eigenvalue weighted by Crippen LogP contribution is -2.15. The van der Waals surface area contributed by atoms with Crippen LogP contribution in [0, 0.1) is 0 Å². The van der Waals surface area contributed by atoms with Crippen molar-refractivity contribution in [2.24, 2.45) is 0 Å². The van der Waals surface area contributed by atoms with Crippen LogP contribution >= 0.6 is 15.9 Å². The van der Waals surface area contributed by atoms with Gasteiger partial charge in [0.05, 0.1) is 6.61 Å². The molecule has 14 heavy (non-hydrogen) atoms. The number of nitrogens with one attached hydrogen (secondary N) is 1. The molecule has 0 aliphatic rings. The highest BCUT2D eigenvalue weighted by Crippen LogP contribution is 2.12. The van der Waals surface area contributed by atoms with Crippen molar-refractivity contribution in [1.82, 2.24) is 4.98 Å². The van der Waals surface area contributed by atoms with Crippen molar-refractivity contribution < 1.29 is 14.6 Å². The van der Waals surface area contributed by atoms with E-state index in [4.69, 9.17) is 5.11 Å². The molecule has 0 aliphatic carbocycles. The van der Waals surface area contributed by atoms with E-state index in [2.05, 4.69) is 31.0 Å². The van der Waals surface area contributed by atoms with E-state index in [9.17, 15) is 4.79 Å². The summed E-state index contributed by atoms with van der Waals surface area (Å²) in [6.07, 6.45) is 0.947. The average molecular weight is 261 g/mol. The van der Waals surface area contributed by atoms with Crippen LogP contribution in [-0.4, -0.2) is 29.4 Å². The maximum Gasteiger partial charge on any atom is 0.411 e. The molecule has 1 aromatic rings. The number of aliphatic hydroxyl groups excluding tert-OH is 1. The maximum atomic E-state index is 11.0. The van der Waals surface area contributed by atoms with Crippen molar-refractivity contribution in [2.75, 3.05) is 18.5 Å². The smallest absolute Gasteiger partial charge is 0.411 e. The Labute approximate surface area is 89.2 Å². The molecule has 0 spiro atoms. The summed E-state index contributed by atoms with van der Waals surface area (Å²) in [7, 11) is 0. The minimum absolute atomic E-state index is 0.0158. The zero-order chi connectivity index (χ0) is 10.4. The van der Waals surface area contributed by atoms with Gasteiger partial charge in [0.2, 0.25) is 0 Å². The van der Waals surface area contributed by atoms with Crippen LogP contribution < -0.4 is 5.32 Å². The minimum atomic E-state index is -0.600. The second-order valence-corrected chi connectivity index (χ2v) is 3.16. The van der Waals surface area contributed by atoms with E-state index in [0.29, 0.717) is 10.3 Å². The topological polar surface area (TPSA) is 71.5 Å². The zero-order valence-electron chi connectivity index (χ0n) is 7.24. The molecule has 1 rings (SSSR count). The second-order valence-electron chi connectivity index (χ2n) is 2.35. The van der Waals surface area contributed by atoms with Crippen molar-refractivity contribution >= 4 is 27.7 Å². The lowest BCUT2D eigenvalue weighted by molar-refractivity contribution is 0.131. The second kappa shape index (κ2) is 5.56. The number of hydrogen-bond acceptors (Lipinski definition) is 4. The lowest BCUT2D eigenvalue weighted by atomic mass is 10.4. The maximum absolute atomic E-state index is 11.0. The average Bonchev–Trinajstić information content (AvgIpc) is 2.15. The summed E-state index contributed by atoms with van der Waals surface area (Å²) in [6.45, 7) is -0.203. The quantitative estimate of drug-likeness (QED) is 0.806. The molecule has 0 atom stereocenters. The normalized spacial score (nSPS) is 9.57. The van der Waals surface area contributed by atoms with Gasteiger partial charge in [0, 0.05) is 11.9 Å². The Morgan fingerprint density at radius 2 is 2.50 bits per heavy atom. The Bertz CT molecular complexity index is 319. The van der Waals surface area contributed by atoms with Crippen molar-refractivity contribution in [3.05, 3.63) is 22.9 Å². The predicted octanol–water partition coefficient (Wildman–Crippen LogP) is 1.38. The van der Waals surface area contributed by atoms with Crippen molar-refractivity contribution in [2.45, 2.75) is 0 Å². The zero-order valence-corrected chi connectivity index (χ0v) is 8.82. The van der Waals surface area contributed by atoms with Crippen molar-refractivity contribution in [3.8, 4) is 0 Å². The number of aliphatic hydroxyl groups is 1. The molecule has 0 aromatic carbocycles. The molecule has 0 bridgehead atoms. The number of anilines is 1. The third-order valence-electron chi connectivity index (χ3n) is 1.30. The van der Waals surface area contributed by atoms with E-state index >= 15 is 0 Å². The summed E-state index contributed by atoms with van der Waals surface area (Å²) in [5.74, 6) is 0. The van der Waals surface area contributed by atoms with Crippen LogP contribution in [0.1, 0.15) is 0 Å². The van der Waals surface area contributed by atoms with Crippen LogP contribution in [0.15, 0.2) is 22.9 Å². The molecule has 1 amide bonds. The first kappa shape index (κ1) is 10.9. The number of pyridine rings is 1. The molecule has 0 saturated carbocycles. The largest absolute Gasteiger partial charge is 0.447 e. The molecule has 0 unspecified atom stereocenters. The van der Waals surface area contributed by atoms with Gasteiger partial charge in [-0.15, -0.1) is 0 Å². The van der Waals surface area contributed by atoms with Gasteiger partial charge in [-0.25, -0.2) is 9.78 Å². The Balaban J connectivity index is 2.47.